The largest absolute Gasteiger partial charge is 0.289 e. The highest BCUT2D eigenvalue weighted by atomic mass is 32.2. The average Bonchev–Trinajstić information content (AvgIpc) is 2.40. The number of hydrogen-bond acceptors (Lipinski definition) is 4. The van der Waals surface area contributed by atoms with Crippen molar-refractivity contribution in [3.05, 3.63) is 65.8 Å². The first kappa shape index (κ1) is 14.1. The maximum absolute atomic E-state index is 12.3. The third-order valence-corrected chi connectivity index (χ3v) is 4.21. The molecule has 1 aliphatic rings. The number of carbonyl (C=O) groups excluding carboxylic acids is 2. The topological polar surface area (TPSA) is 68.3 Å². The van der Waals surface area contributed by atoms with Crippen LogP contribution < -0.4 is 0 Å². The lowest BCUT2D eigenvalue weighted by molar-refractivity contribution is 0.0980. The lowest BCUT2D eigenvalue weighted by Crippen LogP contribution is -2.21. The molecule has 0 saturated heterocycles. The number of rotatable bonds is 3. The Morgan fingerprint density at radius 2 is 1.45 bits per heavy atom. The van der Waals surface area contributed by atoms with Crippen LogP contribution in [0.1, 0.15) is 20.7 Å². The lowest BCUT2D eigenvalue weighted by Gasteiger charge is -2.17. The molecule has 4 nitrogen and oxygen atoms in total. The Balaban J connectivity index is 2.77. The first-order valence-electron chi connectivity index (χ1n) is 5.74. The molecular weight excluding hydrogens is 276 g/mol. The van der Waals surface area contributed by atoms with Gasteiger partial charge in [-0.15, -0.1) is 0 Å². The summed E-state index contributed by atoms with van der Waals surface area (Å²) >= 11 is 0. The number of Topliss-reactive ketones (excluding diaryl/α,β-unsaturated/α-hetero) is 2. The summed E-state index contributed by atoms with van der Waals surface area (Å²) < 4.78 is 23.1. The maximum Gasteiger partial charge on any atom is 0.194 e. The summed E-state index contributed by atoms with van der Waals surface area (Å²) in [5.74, 6) is -0.778. The average molecular weight is 288 g/mol. The smallest absolute Gasteiger partial charge is 0.194 e. The van der Waals surface area contributed by atoms with Gasteiger partial charge in [-0.05, 0) is 18.2 Å². The molecule has 0 amide bonds. The lowest BCUT2D eigenvalue weighted by atomic mass is 9.84. The third-order valence-electron chi connectivity index (χ3n) is 3.10. The van der Waals surface area contributed by atoms with E-state index in [4.69, 9.17) is 0 Å². The van der Waals surface area contributed by atoms with Crippen molar-refractivity contribution in [2.75, 3.05) is 6.26 Å². The number of sulfone groups is 1. The molecular formula is C15H12O4S. The first-order chi connectivity index (χ1) is 9.31. The molecule has 0 radical (unpaired) electrons. The van der Waals surface area contributed by atoms with Gasteiger partial charge in [-0.25, -0.2) is 8.42 Å². The Bertz CT molecular complexity index is 795. The highest BCUT2D eigenvalue weighted by Crippen LogP contribution is 2.29. The summed E-state index contributed by atoms with van der Waals surface area (Å²) in [6, 6.07) is 3.91. The second-order valence-electron chi connectivity index (χ2n) is 4.37. The van der Waals surface area contributed by atoms with Gasteiger partial charge in [0.25, 0.3) is 0 Å². The summed E-state index contributed by atoms with van der Waals surface area (Å²) in [5.41, 5.74) is 0.592. The number of ketones is 2. The number of benzene rings is 1. The maximum atomic E-state index is 12.3. The van der Waals surface area contributed by atoms with Crippen LogP contribution in [0.4, 0.5) is 0 Å². The molecule has 5 heteroatoms. The summed E-state index contributed by atoms with van der Waals surface area (Å²) in [6.07, 6.45) is 3.64. The Morgan fingerprint density at radius 3 is 1.90 bits per heavy atom. The van der Waals surface area contributed by atoms with Crippen LogP contribution in [-0.4, -0.2) is 26.2 Å². The third kappa shape index (κ3) is 2.06. The molecule has 0 atom stereocenters. The van der Waals surface area contributed by atoms with Gasteiger partial charge in [0.2, 0.25) is 0 Å². The van der Waals surface area contributed by atoms with Gasteiger partial charge in [-0.2, -0.15) is 0 Å². The predicted octanol–water partition coefficient (Wildman–Crippen LogP) is 2.14. The molecule has 2 rings (SSSR count). The zero-order valence-corrected chi connectivity index (χ0v) is 11.7. The van der Waals surface area contributed by atoms with E-state index in [1.807, 2.05) is 0 Å². The zero-order chi connectivity index (χ0) is 15.1. The summed E-state index contributed by atoms with van der Waals surface area (Å²) in [4.78, 5) is 24.6. The molecule has 0 bridgehead atoms. The summed E-state index contributed by atoms with van der Waals surface area (Å²) in [5, 5.41) is 0. The van der Waals surface area contributed by atoms with Gasteiger partial charge in [-0.1, -0.05) is 25.3 Å². The van der Waals surface area contributed by atoms with Gasteiger partial charge in [0, 0.05) is 28.5 Å². The minimum absolute atomic E-state index is 0.00265. The number of carbonyl (C=O) groups is 2. The van der Waals surface area contributed by atoms with Crippen LogP contribution in [0.15, 0.2) is 59.6 Å². The number of allylic oxidation sites excluding steroid dienone is 4. The van der Waals surface area contributed by atoms with Crippen molar-refractivity contribution in [3.63, 3.8) is 0 Å². The van der Waals surface area contributed by atoms with Crippen molar-refractivity contribution < 1.29 is 18.0 Å². The Hall–Kier alpha value is -2.27. The molecule has 1 aliphatic carbocycles. The van der Waals surface area contributed by atoms with Gasteiger partial charge in [0.15, 0.2) is 21.4 Å². The van der Waals surface area contributed by atoms with Crippen LogP contribution in [0.25, 0.3) is 0 Å². The second kappa shape index (κ2) is 4.68. The van der Waals surface area contributed by atoms with Crippen LogP contribution in [0.5, 0.6) is 0 Å². The minimum atomic E-state index is -3.45. The van der Waals surface area contributed by atoms with Gasteiger partial charge in [-0.3, -0.25) is 9.59 Å². The van der Waals surface area contributed by atoms with Gasteiger partial charge < -0.3 is 0 Å². The minimum Gasteiger partial charge on any atom is -0.289 e. The predicted molar refractivity (Wildman–Crippen MR) is 75.6 cm³/mol. The highest BCUT2D eigenvalue weighted by Gasteiger charge is 2.30. The van der Waals surface area contributed by atoms with Crippen molar-refractivity contribution in [1.29, 1.82) is 0 Å². The van der Waals surface area contributed by atoms with Crippen LogP contribution in [0.3, 0.4) is 0 Å². The summed E-state index contributed by atoms with van der Waals surface area (Å²) in [6.45, 7) is 7.04. The normalized spacial score (nSPS) is 15.1. The van der Waals surface area contributed by atoms with E-state index in [0.29, 0.717) is 0 Å². The molecule has 1 aromatic rings. The van der Waals surface area contributed by atoms with Crippen LogP contribution in [0.2, 0.25) is 0 Å². The van der Waals surface area contributed by atoms with Gasteiger partial charge in [0.05, 0.1) is 4.90 Å². The quantitative estimate of drug-likeness (QED) is 0.854. The van der Waals surface area contributed by atoms with E-state index in [9.17, 15) is 18.0 Å². The first-order valence-corrected chi connectivity index (χ1v) is 7.63. The molecule has 1 aromatic carbocycles. The van der Waals surface area contributed by atoms with E-state index >= 15 is 0 Å². The molecule has 0 heterocycles. The van der Waals surface area contributed by atoms with E-state index in [1.165, 1.54) is 30.4 Å². The molecule has 0 saturated carbocycles. The molecule has 0 N–H and O–H groups in total. The number of fused-ring (bicyclic) bond motifs is 1. The van der Waals surface area contributed by atoms with E-state index in [0.717, 1.165) is 6.26 Å². The molecule has 0 spiro atoms. The van der Waals surface area contributed by atoms with Crippen LogP contribution in [-0.2, 0) is 9.84 Å². The second-order valence-corrected chi connectivity index (χ2v) is 6.39. The van der Waals surface area contributed by atoms with Crippen LogP contribution in [0, 0.1) is 0 Å². The molecule has 0 fully saturated rings. The Kier molecular flexibility index (Phi) is 3.31. The van der Waals surface area contributed by atoms with E-state index in [-0.39, 0.29) is 33.0 Å². The molecule has 102 valence electrons. The van der Waals surface area contributed by atoms with Crippen molar-refractivity contribution in [2.45, 2.75) is 4.90 Å². The Labute approximate surface area is 117 Å². The molecule has 20 heavy (non-hydrogen) atoms. The highest BCUT2D eigenvalue weighted by molar-refractivity contribution is 7.90. The van der Waals surface area contributed by atoms with E-state index < -0.39 is 15.6 Å². The fourth-order valence-corrected chi connectivity index (χ4v) is 2.73. The van der Waals surface area contributed by atoms with Crippen molar-refractivity contribution in [3.8, 4) is 0 Å². The Morgan fingerprint density at radius 1 is 0.950 bits per heavy atom. The standard InChI is InChI=1S/C15H12O4S/c1-4-10-11(5-2)15(17)13-8-9(20(3,18)19)6-7-12(13)14(10)16/h4-8H,1-2H2,3H3. The van der Waals surface area contributed by atoms with E-state index in [2.05, 4.69) is 13.2 Å². The zero-order valence-electron chi connectivity index (χ0n) is 10.8. The van der Waals surface area contributed by atoms with Crippen LogP contribution >= 0.6 is 0 Å². The summed E-state index contributed by atoms with van der Waals surface area (Å²) in [7, 11) is -3.45. The SMILES string of the molecule is C=CC1=C(C=C)C(=O)c2cc(S(C)(=O)=O)ccc2C1=O. The molecule has 0 aliphatic heterocycles. The fraction of sp³-hybridized carbons (Fsp3) is 0.0667. The van der Waals surface area contributed by atoms with Crippen molar-refractivity contribution in [2.24, 2.45) is 0 Å². The van der Waals surface area contributed by atoms with E-state index in [1.54, 1.807) is 0 Å². The van der Waals surface area contributed by atoms with Crippen molar-refractivity contribution in [1.82, 2.24) is 0 Å². The fourth-order valence-electron chi connectivity index (χ4n) is 2.08. The monoisotopic (exact) mass is 288 g/mol. The number of hydrogen-bond donors (Lipinski definition) is 0. The van der Waals surface area contributed by atoms with Crippen molar-refractivity contribution >= 4 is 21.4 Å². The molecule has 0 aromatic heterocycles. The van der Waals surface area contributed by atoms with Gasteiger partial charge >= 0.3 is 0 Å². The molecule has 0 unspecified atom stereocenters. The van der Waals surface area contributed by atoms with Gasteiger partial charge in [0.1, 0.15) is 0 Å².